The maximum Gasteiger partial charge on any atom is 0.251 e. The second-order valence-corrected chi connectivity index (χ2v) is 11.4. The van der Waals surface area contributed by atoms with Gasteiger partial charge in [0.2, 0.25) is 0 Å². The number of rotatable bonds is 8. The van der Waals surface area contributed by atoms with E-state index in [0.29, 0.717) is 24.3 Å². The normalized spacial score (nSPS) is 24.5. The molecular weight excluding hydrogens is 520 g/mol. The van der Waals surface area contributed by atoms with Crippen molar-refractivity contribution in [3.8, 4) is 11.5 Å². The molecule has 1 saturated carbocycles. The molecule has 8 heteroatoms. The molecule has 2 fully saturated rings. The van der Waals surface area contributed by atoms with Gasteiger partial charge >= 0.3 is 0 Å². The van der Waals surface area contributed by atoms with Crippen LogP contribution in [0.5, 0.6) is 11.5 Å². The number of nitrogens with zero attached hydrogens (tertiary/aromatic N) is 1. The number of hydrogen-bond donors (Lipinski definition) is 1. The molecule has 1 N–H and O–H groups in total. The van der Waals surface area contributed by atoms with Crippen LogP contribution in [0, 0.1) is 17.0 Å². The van der Waals surface area contributed by atoms with Crippen LogP contribution >= 0.6 is 0 Å². The van der Waals surface area contributed by atoms with E-state index < -0.39 is 30.6 Å². The van der Waals surface area contributed by atoms with Gasteiger partial charge in [0.25, 0.3) is 6.43 Å². The molecule has 6 rings (SSSR count). The zero-order valence-corrected chi connectivity index (χ0v) is 22.4. The third-order valence-corrected chi connectivity index (χ3v) is 8.68. The molecule has 2 aliphatic heterocycles. The molecule has 3 aliphatic rings. The zero-order chi connectivity index (χ0) is 27.7. The quantitative estimate of drug-likeness (QED) is 0.316. The minimum Gasteiger partial charge on any atom is -0.490 e. The lowest BCUT2D eigenvalue weighted by molar-refractivity contribution is 0.0685. The fraction of sp³-hybridized carbons (Fsp3) is 0.438. The van der Waals surface area contributed by atoms with Gasteiger partial charge in [0, 0.05) is 30.8 Å². The van der Waals surface area contributed by atoms with Gasteiger partial charge in [-0.15, -0.1) is 0 Å². The number of halogens is 4. The summed E-state index contributed by atoms with van der Waals surface area (Å²) in [6, 6.07) is 16.5. The molecule has 2 heterocycles. The zero-order valence-electron chi connectivity index (χ0n) is 22.4. The fourth-order valence-electron chi connectivity index (χ4n) is 6.72. The lowest BCUT2D eigenvalue weighted by Gasteiger charge is -2.38. The summed E-state index contributed by atoms with van der Waals surface area (Å²) < 4.78 is 70.5. The van der Waals surface area contributed by atoms with Crippen LogP contribution in [0.25, 0.3) is 0 Å². The van der Waals surface area contributed by atoms with Crippen molar-refractivity contribution in [2.45, 2.75) is 57.3 Å². The molecule has 40 heavy (non-hydrogen) atoms. The maximum absolute atomic E-state index is 15.7. The summed E-state index contributed by atoms with van der Waals surface area (Å²) >= 11 is 0. The van der Waals surface area contributed by atoms with Gasteiger partial charge in [-0.1, -0.05) is 36.4 Å². The molecule has 3 aromatic carbocycles. The van der Waals surface area contributed by atoms with Gasteiger partial charge in [0.05, 0.1) is 18.7 Å². The van der Waals surface area contributed by atoms with Crippen LogP contribution in [0.15, 0.2) is 60.7 Å². The first-order valence-corrected chi connectivity index (χ1v) is 14.1. The van der Waals surface area contributed by atoms with E-state index in [-0.39, 0.29) is 29.4 Å². The van der Waals surface area contributed by atoms with Gasteiger partial charge in [-0.2, -0.15) is 0 Å². The maximum atomic E-state index is 15.7. The number of hydrogen-bond acceptors (Lipinski definition) is 4. The third kappa shape index (κ3) is 5.70. The van der Waals surface area contributed by atoms with E-state index in [4.69, 9.17) is 9.47 Å². The van der Waals surface area contributed by atoms with E-state index >= 15 is 8.78 Å². The van der Waals surface area contributed by atoms with Crippen LogP contribution < -0.4 is 14.8 Å². The van der Waals surface area contributed by atoms with Gasteiger partial charge in [-0.3, -0.25) is 4.90 Å². The fourth-order valence-corrected chi connectivity index (χ4v) is 6.72. The second kappa shape index (κ2) is 11.4. The van der Waals surface area contributed by atoms with Crippen molar-refractivity contribution in [3.63, 3.8) is 0 Å². The first-order chi connectivity index (χ1) is 19.4. The summed E-state index contributed by atoms with van der Waals surface area (Å²) in [5.41, 5.74) is 2.45. The molecular formula is C32H34F4N2O2. The standard InChI is InChI=1S/C32H34F4N2O2/c33-27-15-25(40-24-8-10-32(17-24)11-12-37-20-32)16-28(34)30(27)31-26-7-6-23(39-19-21-4-2-1-3-5-21)14-22(26)9-13-38(31)18-29(35)36/h1-7,14-16,24,29,31,37H,8-13,17-20H2. The van der Waals surface area contributed by atoms with Crippen molar-refractivity contribution in [1.29, 1.82) is 0 Å². The predicted molar refractivity (Wildman–Crippen MR) is 145 cm³/mol. The SMILES string of the molecule is Fc1cc(OC2CCC3(CCNC3)C2)cc(F)c1C1c2ccc(OCc3ccccc3)cc2CCN1CC(F)F. The lowest BCUT2D eigenvalue weighted by atomic mass is 9.85. The van der Waals surface area contributed by atoms with Gasteiger partial charge in [-0.05, 0) is 72.9 Å². The van der Waals surface area contributed by atoms with E-state index in [1.807, 2.05) is 36.4 Å². The highest BCUT2D eigenvalue weighted by Gasteiger charge is 2.42. The summed E-state index contributed by atoms with van der Waals surface area (Å²) in [5.74, 6) is -0.800. The summed E-state index contributed by atoms with van der Waals surface area (Å²) in [4.78, 5) is 1.47. The Labute approximate surface area is 232 Å². The lowest BCUT2D eigenvalue weighted by Crippen LogP contribution is -2.40. The molecule has 0 radical (unpaired) electrons. The molecule has 3 aromatic rings. The monoisotopic (exact) mass is 554 g/mol. The van der Waals surface area contributed by atoms with Crippen molar-refractivity contribution >= 4 is 0 Å². The summed E-state index contributed by atoms with van der Waals surface area (Å²) in [5, 5.41) is 3.40. The van der Waals surface area contributed by atoms with Crippen LogP contribution in [0.2, 0.25) is 0 Å². The van der Waals surface area contributed by atoms with Gasteiger partial charge < -0.3 is 14.8 Å². The smallest absolute Gasteiger partial charge is 0.251 e. The van der Waals surface area contributed by atoms with E-state index in [1.165, 1.54) is 17.0 Å². The van der Waals surface area contributed by atoms with E-state index in [9.17, 15) is 8.78 Å². The molecule has 212 valence electrons. The van der Waals surface area contributed by atoms with E-state index in [1.54, 1.807) is 12.1 Å². The van der Waals surface area contributed by atoms with Crippen LogP contribution in [0.3, 0.4) is 0 Å². The van der Waals surface area contributed by atoms with Crippen molar-refractivity contribution in [3.05, 3.63) is 94.6 Å². The van der Waals surface area contributed by atoms with Crippen molar-refractivity contribution in [2.24, 2.45) is 5.41 Å². The Morgan fingerprint density at radius 2 is 1.77 bits per heavy atom. The second-order valence-electron chi connectivity index (χ2n) is 11.4. The van der Waals surface area contributed by atoms with Crippen LogP contribution in [0.1, 0.15) is 54.0 Å². The van der Waals surface area contributed by atoms with Gasteiger partial charge in [0.1, 0.15) is 29.7 Å². The minimum atomic E-state index is -2.63. The Kier molecular flexibility index (Phi) is 7.73. The highest BCUT2D eigenvalue weighted by Crippen LogP contribution is 2.45. The molecule has 3 atom stereocenters. The predicted octanol–water partition coefficient (Wildman–Crippen LogP) is 6.67. The van der Waals surface area contributed by atoms with E-state index in [0.717, 1.165) is 49.9 Å². The third-order valence-electron chi connectivity index (χ3n) is 8.68. The van der Waals surface area contributed by atoms with Crippen molar-refractivity contribution in [1.82, 2.24) is 10.2 Å². The molecule has 0 aromatic heterocycles. The van der Waals surface area contributed by atoms with Crippen LogP contribution in [-0.2, 0) is 13.0 Å². The topological polar surface area (TPSA) is 33.7 Å². The molecule has 0 amide bonds. The van der Waals surface area contributed by atoms with Crippen LogP contribution in [-0.4, -0.2) is 43.6 Å². The van der Waals surface area contributed by atoms with Crippen LogP contribution in [0.4, 0.5) is 17.6 Å². The summed E-state index contributed by atoms with van der Waals surface area (Å²) in [6.45, 7) is 1.99. The number of nitrogens with one attached hydrogen (secondary N) is 1. The largest absolute Gasteiger partial charge is 0.490 e. The van der Waals surface area contributed by atoms with Crippen molar-refractivity contribution in [2.75, 3.05) is 26.2 Å². The highest BCUT2D eigenvalue weighted by atomic mass is 19.3. The van der Waals surface area contributed by atoms with Crippen molar-refractivity contribution < 1.29 is 27.0 Å². The average molecular weight is 555 g/mol. The summed E-state index contributed by atoms with van der Waals surface area (Å²) in [7, 11) is 0. The first kappa shape index (κ1) is 27.1. The molecule has 3 unspecified atom stereocenters. The number of fused-ring (bicyclic) bond motifs is 1. The van der Waals surface area contributed by atoms with E-state index in [2.05, 4.69) is 5.32 Å². The number of benzene rings is 3. The number of ether oxygens (including phenoxy) is 2. The number of alkyl halides is 2. The molecule has 1 saturated heterocycles. The Bertz CT molecular complexity index is 1310. The molecule has 0 bridgehead atoms. The Balaban J connectivity index is 1.25. The Hall–Kier alpha value is -3.10. The molecule has 4 nitrogen and oxygen atoms in total. The highest BCUT2D eigenvalue weighted by molar-refractivity contribution is 5.46. The summed E-state index contributed by atoms with van der Waals surface area (Å²) in [6.07, 6.45) is 1.58. The van der Waals surface area contributed by atoms with Gasteiger partial charge in [-0.25, -0.2) is 17.6 Å². The molecule has 1 aliphatic carbocycles. The minimum absolute atomic E-state index is 0.0930. The van der Waals surface area contributed by atoms with Gasteiger partial charge in [0.15, 0.2) is 0 Å². The first-order valence-electron chi connectivity index (χ1n) is 14.1. The Morgan fingerprint density at radius 1 is 0.975 bits per heavy atom. The Morgan fingerprint density at radius 3 is 2.50 bits per heavy atom. The average Bonchev–Trinajstić information content (AvgIpc) is 3.57. The molecule has 1 spiro atoms.